The fourth-order valence-electron chi connectivity index (χ4n) is 1.77. The average Bonchev–Trinajstić information content (AvgIpc) is 2.44. The fourth-order valence-corrected chi connectivity index (χ4v) is 1.77. The Morgan fingerprint density at radius 3 is 2.93 bits per heavy atom. The van der Waals surface area contributed by atoms with E-state index in [0.717, 1.165) is 12.1 Å². The molecule has 0 atom stereocenters. The zero-order chi connectivity index (χ0) is 10.1. The molecule has 0 bridgehead atoms. The highest BCUT2D eigenvalue weighted by Crippen LogP contribution is 2.17. The quantitative estimate of drug-likeness (QED) is 0.775. The minimum atomic E-state index is 0.684. The number of pyridine rings is 1. The lowest BCUT2D eigenvalue weighted by molar-refractivity contribution is 0.819. The van der Waals surface area contributed by atoms with Crippen LogP contribution in [0.2, 0.25) is 0 Å². The van der Waals surface area contributed by atoms with Crippen molar-refractivity contribution in [2.24, 2.45) is 12.8 Å². The van der Waals surface area contributed by atoms with E-state index in [1.807, 2.05) is 13.2 Å². The van der Waals surface area contributed by atoms with Crippen molar-refractivity contribution >= 4 is 11.0 Å². The number of fused-ring (bicyclic) bond motifs is 1. The van der Waals surface area contributed by atoms with Gasteiger partial charge in [0, 0.05) is 24.3 Å². The summed E-state index contributed by atoms with van der Waals surface area (Å²) in [7, 11) is 2.04. The van der Waals surface area contributed by atoms with Crippen LogP contribution in [0.3, 0.4) is 0 Å². The van der Waals surface area contributed by atoms with E-state index in [4.69, 9.17) is 5.73 Å². The lowest BCUT2D eigenvalue weighted by atomic mass is 10.2. The maximum Gasteiger partial charge on any atom is 0.139 e. The molecule has 0 spiro atoms. The van der Waals surface area contributed by atoms with Gasteiger partial charge in [-0.1, -0.05) is 0 Å². The Morgan fingerprint density at radius 1 is 1.43 bits per heavy atom. The van der Waals surface area contributed by atoms with Crippen LogP contribution in [0.15, 0.2) is 18.3 Å². The van der Waals surface area contributed by atoms with Crippen molar-refractivity contribution in [3.05, 3.63) is 29.6 Å². The molecular weight excluding hydrogens is 174 g/mol. The number of nitrogens with zero attached hydrogens (tertiary/aromatic N) is 2. The van der Waals surface area contributed by atoms with Crippen LogP contribution in [0.4, 0.5) is 0 Å². The van der Waals surface area contributed by atoms with Crippen molar-refractivity contribution in [1.29, 1.82) is 0 Å². The fraction of sp³-hybridized carbons (Fsp3) is 0.364. The molecular formula is C11H15N3. The highest BCUT2D eigenvalue weighted by molar-refractivity contribution is 5.77. The van der Waals surface area contributed by atoms with E-state index >= 15 is 0 Å². The number of aryl methyl sites for hydroxylation is 2. The lowest BCUT2D eigenvalue weighted by Gasteiger charge is -2.00. The summed E-state index contributed by atoms with van der Waals surface area (Å²) in [6.07, 6.45) is 2.81. The van der Waals surface area contributed by atoms with E-state index < -0.39 is 0 Å². The molecule has 0 saturated heterocycles. The first-order chi connectivity index (χ1) is 6.72. The Balaban J connectivity index is 2.61. The first kappa shape index (κ1) is 9.21. The smallest absolute Gasteiger partial charge is 0.139 e. The van der Waals surface area contributed by atoms with Gasteiger partial charge in [-0.05, 0) is 37.6 Å². The minimum absolute atomic E-state index is 0.684. The van der Waals surface area contributed by atoms with E-state index in [-0.39, 0.29) is 0 Å². The van der Waals surface area contributed by atoms with Gasteiger partial charge >= 0.3 is 0 Å². The molecule has 0 unspecified atom stereocenters. The Labute approximate surface area is 83.6 Å². The molecule has 0 radical (unpaired) electrons. The molecule has 2 aromatic rings. The maximum atomic E-state index is 5.55. The van der Waals surface area contributed by atoms with E-state index in [1.165, 1.54) is 16.6 Å². The van der Waals surface area contributed by atoms with E-state index in [2.05, 4.69) is 28.6 Å². The number of hydrogen-bond donors (Lipinski definition) is 1. The Morgan fingerprint density at radius 2 is 2.21 bits per heavy atom. The summed E-state index contributed by atoms with van der Waals surface area (Å²) >= 11 is 0. The summed E-state index contributed by atoms with van der Waals surface area (Å²) in [5.74, 6) is 0. The van der Waals surface area contributed by atoms with Gasteiger partial charge in [0.1, 0.15) is 5.65 Å². The van der Waals surface area contributed by atoms with Gasteiger partial charge in [0.05, 0.1) is 0 Å². The van der Waals surface area contributed by atoms with Crippen molar-refractivity contribution in [1.82, 2.24) is 9.55 Å². The van der Waals surface area contributed by atoms with E-state index in [1.54, 1.807) is 0 Å². The second-order valence-electron chi connectivity index (χ2n) is 3.66. The van der Waals surface area contributed by atoms with Gasteiger partial charge < -0.3 is 10.3 Å². The first-order valence-electron chi connectivity index (χ1n) is 4.83. The Kier molecular flexibility index (Phi) is 2.25. The van der Waals surface area contributed by atoms with Crippen molar-refractivity contribution in [3.8, 4) is 0 Å². The molecule has 3 nitrogen and oxygen atoms in total. The summed E-state index contributed by atoms with van der Waals surface area (Å²) in [5.41, 5.74) is 9.04. The summed E-state index contributed by atoms with van der Waals surface area (Å²) in [6, 6.07) is 4.32. The lowest BCUT2D eigenvalue weighted by Crippen LogP contribution is -2.06. The second-order valence-corrected chi connectivity index (χ2v) is 3.66. The molecule has 0 aromatic carbocycles. The molecule has 0 amide bonds. The molecule has 2 heterocycles. The summed E-state index contributed by atoms with van der Waals surface area (Å²) in [4.78, 5) is 4.41. The van der Waals surface area contributed by atoms with Crippen molar-refractivity contribution in [3.63, 3.8) is 0 Å². The maximum absolute atomic E-state index is 5.55. The van der Waals surface area contributed by atoms with Crippen molar-refractivity contribution < 1.29 is 0 Å². The second kappa shape index (κ2) is 3.42. The SMILES string of the molecule is Cc1cnc2c(c1)cc(CCN)n2C. The van der Waals surface area contributed by atoms with E-state index in [9.17, 15) is 0 Å². The van der Waals surface area contributed by atoms with Crippen molar-refractivity contribution in [2.75, 3.05) is 6.54 Å². The van der Waals surface area contributed by atoms with Crippen LogP contribution in [0.1, 0.15) is 11.3 Å². The summed E-state index contributed by atoms with van der Waals surface area (Å²) in [6.45, 7) is 2.74. The third kappa shape index (κ3) is 1.40. The Hall–Kier alpha value is -1.35. The summed E-state index contributed by atoms with van der Waals surface area (Å²) < 4.78 is 2.11. The first-order valence-corrected chi connectivity index (χ1v) is 4.83. The van der Waals surface area contributed by atoms with Gasteiger partial charge in [0.25, 0.3) is 0 Å². The topological polar surface area (TPSA) is 43.8 Å². The molecule has 74 valence electrons. The van der Waals surface area contributed by atoms with Crippen molar-refractivity contribution in [2.45, 2.75) is 13.3 Å². The molecule has 2 rings (SSSR count). The molecule has 0 fully saturated rings. The van der Waals surface area contributed by atoms with E-state index in [0.29, 0.717) is 6.54 Å². The predicted molar refractivity (Wildman–Crippen MR) is 58.2 cm³/mol. The predicted octanol–water partition coefficient (Wildman–Crippen LogP) is 1.38. The largest absolute Gasteiger partial charge is 0.333 e. The van der Waals surface area contributed by atoms with Gasteiger partial charge in [0.2, 0.25) is 0 Å². The van der Waals surface area contributed by atoms with Crippen LogP contribution in [-0.4, -0.2) is 16.1 Å². The average molecular weight is 189 g/mol. The van der Waals surface area contributed by atoms with Crippen LogP contribution >= 0.6 is 0 Å². The van der Waals surface area contributed by atoms with Crippen LogP contribution in [0.5, 0.6) is 0 Å². The van der Waals surface area contributed by atoms with Crippen LogP contribution in [-0.2, 0) is 13.5 Å². The minimum Gasteiger partial charge on any atom is -0.333 e. The van der Waals surface area contributed by atoms with Gasteiger partial charge in [0.15, 0.2) is 0 Å². The van der Waals surface area contributed by atoms with Gasteiger partial charge in [-0.25, -0.2) is 4.98 Å². The third-order valence-corrected chi connectivity index (χ3v) is 2.50. The molecule has 0 saturated carbocycles. The van der Waals surface area contributed by atoms with Crippen LogP contribution < -0.4 is 5.73 Å². The molecule has 0 aliphatic rings. The normalized spacial score (nSPS) is 11.1. The van der Waals surface area contributed by atoms with Gasteiger partial charge in [-0.15, -0.1) is 0 Å². The summed E-state index contributed by atoms with van der Waals surface area (Å²) in [5, 5.41) is 1.20. The molecule has 0 aliphatic heterocycles. The van der Waals surface area contributed by atoms with Crippen LogP contribution in [0, 0.1) is 6.92 Å². The Bertz CT molecular complexity index is 457. The molecule has 3 heteroatoms. The zero-order valence-electron chi connectivity index (χ0n) is 8.62. The van der Waals surface area contributed by atoms with Gasteiger partial charge in [-0.2, -0.15) is 0 Å². The highest BCUT2D eigenvalue weighted by Gasteiger charge is 2.05. The number of hydrogen-bond acceptors (Lipinski definition) is 2. The zero-order valence-corrected chi connectivity index (χ0v) is 8.62. The number of rotatable bonds is 2. The molecule has 14 heavy (non-hydrogen) atoms. The number of nitrogens with two attached hydrogens (primary N) is 1. The monoisotopic (exact) mass is 189 g/mol. The third-order valence-electron chi connectivity index (χ3n) is 2.50. The number of aromatic nitrogens is 2. The van der Waals surface area contributed by atoms with Gasteiger partial charge in [-0.3, -0.25) is 0 Å². The highest BCUT2D eigenvalue weighted by atomic mass is 15.0. The standard InChI is InChI=1S/C11H15N3/c1-8-5-9-6-10(3-4-12)14(2)11(9)13-7-8/h5-7H,3-4,12H2,1-2H3. The molecule has 0 aliphatic carbocycles. The molecule has 2 aromatic heterocycles. The molecule has 2 N–H and O–H groups in total. The van der Waals surface area contributed by atoms with Crippen LogP contribution in [0.25, 0.3) is 11.0 Å².